The number of oxime groups is 1. The van der Waals surface area contributed by atoms with Gasteiger partial charge in [-0.05, 0) is 0 Å². The number of aliphatic hydroxyl groups is 1. The molecule has 2 fully saturated rings. The molecule has 0 spiro atoms. The van der Waals surface area contributed by atoms with Crippen molar-refractivity contribution in [1.29, 1.82) is 0 Å². The lowest BCUT2D eigenvalue weighted by Gasteiger charge is -2.33. The molecule has 2 saturated heterocycles. The van der Waals surface area contributed by atoms with Crippen LogP contribution in [0.25, 0.3) is 11.1 Å². The molecule has 0 aliphatic carbocycles. The third-order valence-electron chi connectivity index (χ3n) is 5.27. The van der Waals surface area contributed by atoms with E-state index in [2.05, 4.69) is 15.1 Å². The molecule has 1 atom stereocenters. The van der Waals surface area contributed by atoms with E-state index >= 15 is 0 Å². The normalized spacial score (nSPS) is 18.5. The average Bonchev–Trinajstić information content (AvgIpc) is 2.76. The number of carbonyl (C=O) groups excluding carboxylic acids is 1. The lowest BCUT2D eigenvalue weighted by molar-refractivity contribution is -0.139. The highest BCUT2D eigenvalue weighted by atomic mass is 19.1. The van der Waals surface area contributed by atoms with E-state index in [1.54, 1.807) is 36.4 Å². The smallest absolute Gasteiger partial charge is 0.225 e. The number of hydrogen-bond donors (Lipinski definition) is 1. The fourth-order valence-electron chi connectivity index (χ4n) is 3.46. The highest BCUT2D eigenvalue weighted by molar-refractivity contribution is 5.98. The number of aliphatic hydroxyl groups excluding tert-OH is 1. The summed E-state index contributed by atoms with van der Waals surface area (Å²) in [5.41, 5.74) is 1.98. The number of morpholine rings is 1. The number of nitrogens with zero attached hydrogens (tertiary/aromatic N) is 5. The average molecular weight is 429 g/mol. The lowest BCUT2D eigenvalue weighted by atomic mass is 10.1. The molecule has 31 heavy (non-hydrogen) atoms. The van der Waals surface area contributed by atoms with Gasteiger partial charge in [0.15, 0.2) is 0 Å². The minimum Gasteiger partial charge on any atom is -0.393 e. The zero-order valence-electron chi connectivity index (χ0n) is 17.2. The van der Waals surface area contributed by atoms with E-state index in [9.17, 15) is 14.3 Å². The van der Waals surface area contributed by atoms with Crippen molar-refractivity contribution in [2.75, 3.05) is 44.3 Å². The van der Waals surface area contributed by atoms with Gasteiger partial charge in [0.1, 0.15) is 18.5 Å². The third kappa shape index (κ3) is 4.80. The summed E-state index contributed by atoms with van der Waals surface area (Å²) in [6, 6.07) is 4.85. The number of aromatic nitrogens is 2. The molecule has 4 rings (SSSR count). The second-order valence-electron chi connectivity index (χ2n) is 7.48. The Morgan fingerprint density at radius 3 is 2.84 bits per heavy atom. The summed E-state index contributed by atoms with van der Waals surface area (Å²) in [6.07, 6.45) is 2.95. The molecule has 1 unspecified atom stereocenters. The molecule has 3 heterocycles. The molecule has 0 radical (unpaired) electrons. The van der Waals surface area contributed by atoms with Crippen LogP contribution >= 0.6 is 0 Å². The first-order chi connectivity index (χ1) is 15.0. The molecule has 164 valence electrons. The molecule has 2 aliphatic rings. The third-order valence-corrected chi connectivity index (χ3v) is 5.27. The van der Waals surface area contributed by atoms with Gasteiger partial charge >= 0.3 is 0 Å². The van der Waals surface area contributed by atoms with Crippen molar-refractivity contribution in [3.8, 4) is 11.1 Å². The van der Waals surface area contributed by atoms with Crippen molar-refractivity contribution in [1.82, 2.24) is 14.9 Å². The van der Waals surface area contributed by atoms with Gasteiger partial charge in [0.05, 0.1) is 38.6 Å². The van der Waals surface area contributed by atoms with Gasteiger partial charge < -0.3 is 24.5 Å². The predicted molar refractivity (Wildman–Crippen MR) is 111 cm³/mol. The molecule has 0 saturated carbocycles. The number of carbonyl (C=O) groups is 1. The van der Waals surface area contributed by atoms with Crippen LogP contribution in [-0.4, -0.2) is 77.1 Å². The maximum absolute atomic E-state index is 14.4. The van der Waals surface area contributed by atoms with Crippen LogP contribution in [0.3, 0.4) is 0 Å². The number of halogens is 1. The van der Waals surface area contributed by atoms with Crippen molar-refractivity contribution < 1.29 is 23.9 Å². The number of benzene rings is 1. The highest BCUT2D eigenvalue weighted by Gasteiger charge is 2.26. The Morgan fingerprint density at radius 1 is 1.35 bits per heavy atom. The summed E-state index contributed by atoms with van der Waals surface area (Å²) in [4.78, 5) is 29.1. The van der Waals surface area contributed by atoms with E-state index in [0.717, 1.165) is 5.71 Å². The first-order valence-corrected chi connectivity index (χ1v) is 10.1. The van der Waals surface area contributed by atoms with E-state index in [4.69, 9.17) is 9.57 Å². The highest BCUT2D eigenvalue weighted by Crippen LogP contribution is 2.25. The maximum Gasteiger partial charge on any atom is 0.225 e. The van der Waals surface area contributed by atoms with E-state index in [-0.39, 0.29) is 30.8 Å². The van der Waals surface area contributed by atoms with Crippen molar-refractivity contribution in [3.63, 3.8) is 0 Å². The van der Waals surface area contributed by atoms with Gasteiger partial charge in [-0.15, -0.1) is 0 Å². The Balaban J connectivity index is 1.28. The standard InChI is InChI=1S/C21H24FN5O4/c1-14(29)26-5-6-30-18(11-26)13-31-25-17-9-27(10-17)21-23-7-16(8-24-21)19-4-2-3-15(12-28)20(19)22/h2-4,7-8,18,28H,5-6,9-13H2,1H3. The molecule has 2 aromatic rings. The Hall–Kier alpha value is -3.11. The van der Waals surface area contributed by atoms with Gasteiger partial charge in [0.2, 0.25) is 11.9 Å². The Morgan fingerprint density at radius 2 is 2.13 bits per heavy atom. The number of ether oxygens (including phenoxy) is 1. The quantitative estimate of drug-likeness (QED) is 0.689. The van der Waals surface area contributed by atoms with E-state index in [1.807, 2.05) is 4.90 Å². The Labute approximate surface area is 179 Å². The van der Waals surface area contributed by atoms with Crippen LogP contribution in [-0.2, 0) is 21.0 Å². The van der Waals surface area contributed by atoms with Crippen LogP contribution in [0.4, 0.5) is 10.3 Å². The summed E-state index contributed by atoms with van der Waals surface area (Å²) in [5, 5.41) is 13.3. The summed E-state index contributed by atoms with van der Waals surface area (Å²) in [7, 11) is 0. The van der Waals surface area contributed by atoms with Crippen molar-refractivity contribution >= 4 is 17.6 Å². The Kier molecular flexibility index (Phi) is 6.38. The molecule has 1 amide bonds. The molecule has 10 heteroatoms. The molecule has 0 bridgehead atoms. The maximum atomic E-state index is 14.4. The van der Waals surface area contributed by atoms with E-state index in [1.165, 1.54) is 6.07 Å². The summed E-state index contributed by atoms with van der Waals surface area (Å²) in [5.74, 6) is 0.0866. The van der Waals surface area contributed by atoms with Gasteiger partial charge in [0.25, 0.3) is 0 Å². The summed E-state index contributed by atoms with van der Waals surface area (Å²) in [6.45, 7) is 4.16. The molecular weight excluding hydrogens is 405 g/mol. The van der Waals surface area contributed by atoms with Gasteiger partial charge in [-0.3, -0.25) is 4.79 Å². The number of hydrogen-bond acceptors (Lipinski definition) is 8. The van der Waals surface area contributed by atoms with Gasteiger partial charge in [0, 0.05) is 42.6 Å². The molecule has 1 aromatic heterocycles. The first-order valence-electron chi connectivity index (χ1n) is 10.1. The summed E-state index contributed by atoms with van der Waals surface area (Å²) >= 11 is 0. The van der Waals surface area contributed by atoms with Crippen LogP contribution < -0.4 is 4.90 Å². The fraction of sp³-hybridized carbons (Fsp3) is 0.429. The second-order valence-corrected chi connectivity index (χ2v) is 7.48. The number of rotatable bonds is 6. The van der Waals surface area contributed by atoms with Crippen molar-refractivity contribution in [3.05, 3.63) is 42.0 Å². The van der Waals surface area contributed by atoms with Gasteiger partial charge in [-0.25, -0.2) is 14.4 Å². The SMILES string of the molecule is CC(=O)N1CCOC(CON=C2CN(c3ncc(-c4cccc(CO)c4F)cn3)C2)C1. The molecule has 1 N–H and O–H groups in total. The lowest BCUT2D eigenvalue weighted by Crippen LogP contribution is -2.49. The topological polar surface area (TPSA) is 100 Å². The summed E-state index contributed by atoms with van der Waals surface area (Å²) < 4.78 is 20.0. The number of amides is 1. The van der Waals surface area contributed by atoms with Crippen LogP contribution in [0.1, 0.15) is 12.5 Å². The van der Waals surface area contributed by atoms with Crippen LogP contribution in [0, 0.1) is 5.82 Å². The van der Waals surface area contributed by atoms with Crippen LogP contribution in [0.15, 0.2) is 35.7 Å². The van der Waals surface area contributed by atoms with Crippen LogP contribution in [0.2, 0.25) is 0 Å². The predicted octanol–water partition coefficient (Wildman–Crippen LogP) is 1.21. The second kappa shape index (κ2) is 9.36. The largest absolute Gasteiger partial charge is 0.393 e. The minimum absolute atomic E-state index is 0.0316. The molecule has 2 aliphatic heterocycles. The zero-order valence-corrected chi connectivity index (χ0v) is 17.2. The van der Waals surface area contributed by atoms with E-state index in [0.29, 0.717) is 49.9 Å². The van der Waals surface area contributed by atoms with Crippen LogP contribution in [0.5, 0.6) is 0 Å². The van der Waals surface area contributed by atoms with Crippen molar-refractivity contribution in [2.45, 2.75) is 19.6 Å². The van der Waals surface area contributed by atoms with Crippen molar-refractivity contribution in [2.24, 2.45) is 5.16 Å². The van der Waals surface area contributed by atoms with E-state index < -0.39 is 5.82 Å². The van der Waals surface area contributed by atoms with Gasteiger partial charge in [-0.2, -0.15) is 0 Å². The zero-order chi connectivity index (χ0) is 21.8. The monoisotopic (exact) mass is 429 g/mol. The molecule has 1 aromatic carbocycles. The molecular formula is C21H24FN5O4. The van der Waals surface area contributed by atoms with Gasteiger partial charge in [-0.1, -0.05) is 23.4 Å². The molecule has 9 nitrogen and oxygen atoms in total. The number of anilines is 1. The first kappa shape index (κ1) is 21.1. The minimum atomic E-state index is -0.467. The Bertz CT molecular complexity index is 961. The fourth-order valence-corrected chi connectivity index (χ4v) is 3.46.